The van der Waals surface area contributed by atoms with Gasteiger partial charge in [-0.05, 0) is 43.3 Å². The molecule has 2 aromatic carbocycles. The molecule has 0 atom stereocenters. The number of hydrogen-bond donors (Lipinski definition) is 1. The van der Waals surface area contributed by atoms with E-state index in [1.807, 2.05) is 30.3 Å². The Kier molecular flexibility index (Phi) is 5.59. The summed E-state index contributed by atoms with van der Waals surface area (Å²) >= 11 is 0. The minimum atomic E-state index is -0.720. The second-order valence-corrected chi connectivity index (χ2v) is 6.02. The number of ketones is 1. The Balaban J connectivity index is 1.63. The van der Waals surface area contributed by atoms with Gasteiger partial charge >= 0.3 is 5.97 Å². The van der Waals surface area contributed by atoms with Crippen LogP contribution in [0.1, 0.15) is 33.5 Å². The number of esters is 1. The maximum absolute atomic E-state index is 12.3. The summed E-state index contributed by atoms with van der Waals surface area (Å²) in [6, 6.07) is 15.5. The minimum Gasteiger partial charge on any atom is -0.452 e. The van der Waals surface area contributed by atoms with Crippen molar-refractivity contribution in [2.24, 2.45) is 0 Å². The first-order valence-corrected chi connectivity index (χ1v) is 8.51. The number of rotatable bonds is 6. The van der Waals surface area contributed by atoms with E-state index in [1.165, 1.54) is 11.7 Å². The van der Waals surface area contributed by atoms with E-state index >= 15 is 0 Å². The molecule has 1 amide bonds. The fraction of sp³-hybridized carbons (Fsp3) is 0.150. The van der Waals surface area contributed by atoms with Crippen molar-refractivity contribution in [1.29, 1.82) is 0 Å². The maximum Gasteiger partial charge on any atom is 0.361 e. The normalized spacial score (nSPS) is 10.4. The van der Waals surface area contributed by atoms with Gasteiger partial charge in [-0.2, -0.15) is 9.90 Å². The van der Waals surface area contributed by atoms with Gasteiger partial charge in [0.25, 0.3) is 0 Å². The molecule has 0 bridgehead atoms. The summed E-state index contributed by atoms with van der Waals surface area (Å²) < 4.78 is 5.10. The van der Waals surface area contributed by atoms with Crippen LogP contribution in [0.2, 0.25) is 0 Å². The molecular formula is C20H18N4O4. The number of nitrogens with one attached hydrogen (secondary N) is 1. The van der Waals surface area contributed by atoms with Gasteiger partial charge in [-0.15, -0.1) is 5.10 Å². The molecule has 142 valence electrons. The Labute approximate surface area is 161 Å². The number of nitrogens with zero attached hydrogens (tertiary/aromatic N) is 3. The highest BCUT2D eigenvalue weighted by atomic mass is 16.5. The Morgan fingerprint density at radius 2 is 1.68 bits per heavy atom. The fourth-order valence-corrected chi connectivity index (χ4v) is 2.47. The molecule has 8 nitrogen and oxygen atoms in total. The summed E-state index contributed by atoms with van der Waals surface area (Å²) in [5, 5.41) is 11.0. The maximum atomic E-state index is 12.3. The first-order chi connectivity index (χ1) is 13.4. The SMILES string of the molecule is CC(=O)Nc1ccc(C(=O)COC(=O)c2nn(-c3ccccc3)nc2C)cc1. The molecule has 0 aliphatic carbocycles. The number of amides is 1. The van der Waals surface area contributed by atoms with Crippen LogP contribution in [0.15, 0.2) is 54.6 Å². The van der Waals surface area contributed by atoms with E-state index in [0.29, 0.717) is 22.6 Å². The van der Waals surface area contributed by atoms with Crippen LogP contribution in [0.3, 0.4) is 0 Å². The second-order valence-electron chi connectivity index (χ2n) is 6.02. The quantitative estimate of drug-likeness (QED) is 0.522. The lowest BCUT2D eigenvalue weighted by Crippen LogP contribution is -2.15. The monoisotopic (exact) mass is 378 g/mol. The third kappa shape index (κ3) is 4.47. The molecule has 0 radical (unpaired) electrons. The van der Waals surface area contributed by atoms with Crippen molar-refractivity contribution in [1.82, 2.24) is 15.0 Å². The number of hydrogen-bond acceptors (Lipinski definition) is 6. The fourth-order valence-electron chi connectivity index (χ4n) is 2.47. The molecule has 0 aliphatic heterocycles. The summed E-state index contributed by atoms with van der Waals surface area (Å²) in [5.41, 5.74) is 2.11. The van der Waals surface area contributed by atoms with Gasteiger partial charge in [0.15, 0.2) is 18.1 Å². The number of benzene rings is 2. The number of aryl methyl sites for hydroxylation is 1. The lowest BCUT2D eigenvalue weighted by molar-refractivity contribution is -0.114. The lowest BCUT2D eigenvalue weighted by atomic mass is 10.1. The molecule has 0 saturated carbocycles. The molecule has 1 N–H and O–H groups in total. The summed E-state index contributed by atoms with van der Waals surface area (Å²) in [6.07, 6.45) is 0. The second kappa shape index (κ2) is 8.26. The topological polar surface area (TPSA) is 103 Å². The van der Waals surface area contributed by atoms with E-state index in [2.05, 4.69) is 15.5 Å². The molecule has 0 spiro atoms. The highest BCUT2D eigenvalue weighted by molar-refractivity contribution is 5.99. The van der Waals surface area contributed by atoms with Crippen LogP contribution in [0.25, 0.3) is 5.69 Å². The van der Waals surface area contributed by atoms with E-state index in [0.717, 1.165) is 0 Å². The Hall–Kier alpha value is -3.81. The molecule has 0 aliphatic rings. The van der Waals surface area contributed by atoms with E-state index in [4.69, 9.17) is 4.74 Å². The number of anilines is 1. The van der Waals surface area contributed by atoms with E-state index in [-0.39, 0.29) is 17.4 Å². The third-order valence-corrected chi connectivity index (χ3v) is 3.82. The van der Waals surface area contributed by atoms with Gasteiger partial charge in [0.1, 0.15) is 0 Å². The number of carbonyl (C=O) groups excluding carboxylic acids is 3. The summed E-state index contributed by atoms with van der Waals surface area (Å²) in [6.45, 7) is 2.62. The molecule has 3 aromatic rings. The molecule has 3 rings (SSSR count). The largest absolute Gasteiger partial charge is 0.452 e. The van der Waals surface area contributed by atoms with Crippen LogP contribution in [-0.4, -0.2) is 39.3 Å². The smallest absolute Gasteiger partial charge is 0.361 e. The zero-order valence-corrected chi connectivity index (χ0v) is 15.4. The molecule has 0 unspecified atom stereocenters. The predicted molar refractivity (Wildman–Crippen MR) is 101 cm³/mol. The number of Topliss-reactive ketones (excluding diaryl/α,β-unsaturated/α-hetero) is 1. The van der Waals surface area contributed by atoms with E-state index < -0.39 is 12.6 Å². The summed E-state index contributed by atoms with van der Waals surface area (Å²) in [5.74, 6) is -1.29. The number of carbonyl (C=O) groups is 3. The van der Waals surface area contributed by atoms with Gasteiger partial charge < -0.3 is 10.1 Å². The Morgan fingerprint density at radius 1 is 1.00 bits per heavy atom. The zero-order chi connectivity index (χ0) is 20.1. The van der Waals surface area contributed by atoms with Gasteiger partial charge in [0.2, 0.25) is 5.91 Å². The Morgan fingerprint density at radius 3 is 2.32 bits per heavy atom. The molecule has 0 saturated heterocycles. The number of aromatic nitrogens is 3. The Bertz CT molecular complexity index is 1010. The average molecular weight is 378 g/mol. The van der Waals surface area contributed by atoms with Gasteiger partial charge in [-0.1, -0.05) is 18.2 Å². The third-order valence-electron chi connectivity index (χ3n) is 3.82. The number of para-hydroxylation sites is 1. The van der Waals surface area contributed by atoms with Crippen LogP contribution in [-0.2, 0) is 9.53 Å². The van der Waals surface area contributed by atoms with Gasteiger partial charge in [0.05, 0.1) is 11.4 Å². The predicted octanol–water partition coefficient (Wildman–Crippen LogP) is 2.57. The van der Waals surface area contributed by atoms with E-state index in [9.17, 15) is 14.4 Å². The van der Waals surface area contributed by atoms with Crippen LogP contribution < -0.4 is 5.32 Å². The lowest BCUT2D eigenvalue weighted by Gasteiger charge is -2.05. The highest BCUT2D eigenvalue weighted by Crippen LogP contribution is 2.12. The van der Waals surface area contributed by atoms with Gasteiger partial charge in [-0.25, -0.2) is 4.79 Å². The van der Waals surface area contributed by atoms with Crippen LogP contribution in [0, 0.1) is 6.92 Å². The van der Waals surface area contributed by atoms with Crippen molar-refractivity contribution in [3.63, 3.8) is 0 Å². The summed E-state index contributed by atoms with van der Waals surface area (Å²) in [7, 11) is 0. The van der Waals surface area contributed by atoms with Crippen molar-refractivity contribution in [3.05, 3.63) is 71.5 Å². The van der Waals surface area contributed by atoms with E-state index in [1.54, 1.807) is 31.2 Å². The standard InChI is InChI=1S/C20H18N4O4/c1-13-19(23-24(22-13)17-6-4-3-5-7-17)20(27)28-12-18(26)15-8-10-16(11-9-15)21-14(2)25/h3-11H,12H2,1-2H3,(H,21,25). The molecule has 8 heteroatoms. The minimum absolute atomic E-state index is 0.0534. The first kappa shape index (κ1) is 19.0. The van der Waals surface area contributed by atoms with Crippen molar-refractivity contribution in [2.75, 3.05) is 11.9 Å². The van der Waals surface area contributed by atoms with Crippen molar-refractivity contribution in [3.8, 4) is 5.69 Å². The molecular weight excluding hydrogens is 360 g/mol. The van der Waals surface area contributed by atoms with Crippen molar-refractivity contribution in [2.45, 2.75) is 13.8 Å². The van der Waals surface area contributed by atoms with Crippen LogP contribution >= 0.6 is 0 Å². The molecule has 1 heterocycles. The van der Waals surface area contributed by atoms with Crippen molar-refractivity contribution >= 4 is 23.3 Å². The average Bonchev–Trinajstić information content (AvgIpc) is 3.08. The van der Waals surface area contributed by atoms with Crippen molar-refractivity contribution < 1.29 is 19.1 Å². The molecule has 28 heavy (non-hydrogen) atoms. The van der Waals surface area contributed by atoms with Crippen LogP contribution in [0.4, 0.5) is 5.69 Å². The van der Waals surface area contributed by atoms with Crippen LogP contribution in [0.5, 0.6) is 0 Å². The van der Waals surface area contributed by atoms with Gasteiger partial charge in [-0.3, -0.25) is 9.59 Å². The highest BCUT2D eigenvalue weighted by Gasteiger charge is 2.19. The summed E-state index contributed by atoms with van der Waals surface area (Å²) in [4.78, 5) is 36.9. The first-order valence-electron chi connectivity index (χ1n) is 8.51. The van der Waals surface area contributed by atoms with Gasteiger partial charge in [0, 0.05) is 18.2 Å². The molecule has 1 aromatic heterocycles. The molecule has 0 fully saturated rings. The number of ether oxygens (including phenoxy) is 1. The zero-order valence-electron chi connectivity index (χ0n) is 15.4.